The highest BCUT2D eigenvalue weighted by Crippen LogP contribution is 2.29. The lowest BCUT2D eigenvalue weighted by atomic mass is 10.5. The molecule has 0 amide bonds. The summed E-state index contributed by atoms with van der Waals surface area (Å²) in [5.41, 5.74) is 0. The number of nitrogens with zero attached hydrogens (tertiary/aromatic N) is 1. The van der Waals surface area contributed by atoms with E-state index in [0.717, 1.165) is 10.8 Å². The Balaban J connectivity index is 2.10. The van der Waals surface area contributed by atoms with E-state index in [2.05, 4.69) is 4.98 Å². The van der Waals surface area contributed by atoms with Gasteiger partial charge in [0.1, 0.15) is 5.03 Å². The second kappa shape index (κ2) is 7.59. The van der Waals surface area contributed by atoms with Crippen molar-refractivity contribution in [2.75, 3.05) is 12.4 Å². The predicted octanol–water partition coefficient (Wildman–Crippen LogP) is 2.78. The minimum atomic E-state index is -0.133. The van der Waals surface area contributed by atoms with Crippen LogP contribution in [0.25, 0.3) is 0 Å². The molecule has 0 spiro atoms. The zero-order valence-corrected chi connectivity index (χ0v) is 10.1. The molecule has 1 aromatic heterocycles. The Hall–Kier alpha value is -0.680. The third-order valence-electron chi connectivity index (χ3n) is 1.48. The molecule has 0 radical (unpaired) electrons. The van der Waals surface area contributed by atoms with Crippen LogP contribution in [0.4, 0.5) is 0 Å². The molecular weight excluding hydrogens is 230 g/mol. The van der Waals surface area contributed by atoms with Crippen LogP contribution in [-0.2, 0) is 9.53 Å². The van der Waals surface area contributed by atoms with Gasteiger partial charge in [-0.05, 0) is 29.9 Å². The molecule has 0 atom stereocenters. The summed E-state index contributed by atoms with van der Waals surface area (Å²) in [7, 11) is 3.19. The van der Waals surface area contributed by atoms with Gasteiger partial charge in [-0.3, -0.25) is 4.79 Å². The third kappa shape index (κ3) is 5.69. The van der Waals surface area contributed by atoms with Crippen molar-refractivity contribution >= 4 is 27.6 Å². The fourth-order valence-corrected chi connectivity index (χ4v) is 2.71. The predicted molar refractivity (Wildman–Crippen MR) is 63.8 cm³/mol. The zero-order chi connectivity index (χ0) is 10.9. The van der Waals surface area contributed by atoms with Crippen LogP contribution in [0.2, 0.25) is 0 Å². The summed E-state index contributed by atoms with van der Waals surface area (Å²) in [6, 6.07) is 5.77. The Kier molecular flexibility index (Phi) is 6.27. The number of rotatable bonds is 6. The third-order valence-corrected chi connectivity index (χ3v) is 3.74. The largest absolute Gasteiger partial charge is 0.466 e. The van der Waals surface area contributed by atoms with E-state index in [1.807, 2.05) is 25.1 Å². The highest BCUT2D eigenvalue weighted by Gasteiger charge is 2.01. The lowest BCUT2D eigenvalue weighted by Gasteiger charge is -2.01. The van der Waals surface area contributed by atoms with Crippen LogP contribution in [-0.4, -0.2) is 23.3 Å². The van der Waals surface area contributed by atoms with Crippen LogP contribution < -0.4 is 0 Å². The Morgan fingerprint density at radius 3 is 3.07 bits per heavy atom. The molecular formula is C10H13NO2S2. The fraction of sp³-hybridized carbons (Fsp3) is 0.400. The molecule has 5 heteroatoms. The molecule has 1 rings (SSSR count). The van der Waals surface area contributed by atoms with Crippen LogP contribution in [0.5, 0.6) is 0 Å². The molecule has 0 aromatic carbocycles. The molecule has 3 nitrogen and oxygen atoms in total. The zero-order valence-electron chi connectivity index (χ0n) is 8.51. The van der Waals surface area contributed by atoms with Gasteiger partial charge < -0.3 is 4.74 Å². The molecule has 0 saturated carbocycles. The van der Waals surface area contributed by atoms with Gasteiger partial charge in [0.25, 0.3) is 0 Å². The minimum Gasteiger partial charge on any atom is -0.466 e. The summed E-state index contributed by atoms with van der Waals surface area (Å²) in [4.78, 5) is 15.2. The van der Waals surface area contributed by atoms with Gasteiger partial charge in [-0.2, -0.15) is 0 Å². The first kappa shape index (κ1) is 12.4. The fourth-order valence-electron chi connectivity index (χ4n) is 0.857. The monoisotopic (exact) mass is 243 g/mol. The number of pyridine rings is 1. The van der Waals surface area contributed by atoms with Crippen molar-refractivity contribution in [3.05, 3.63) is 24.4 Å². The van der Waals surface area contributed by atoms with E-state index in [9.17, 15) is 4.79 Å². The SMILES string of the molecule is CCOC(=O)CCSSc1ccccn1. The highest BCUT2D eigenvalue weighted by molar-refractivity contribution is 8.76. The molecule has 1 aromatic rings. The topological polar surface area (TPSA) is 39.2 Å². The lowest BCUT2D eigenvalue weighted by Crippen LogP contribution is -2.04. The van der Waals surface area contributed by atoms with Gasteiger partial charge in [0.2, 0.25) is 0 Å². The molecule has 0 aliphatic rings. The number of carbonyl (C=O) groups is 1. The van der Waals surface area contributed by atoms with Crippen molar-refractivity contribution in [2.24, 2.45) is 0 Å². The van der Waals surface area contributed by atoms with E-state index in [4.69, 9.17) is 4.74 Å². The van der Waals surface area contributed by atoms with Crippen LogP contribution in [0.15, 0.2) is 29.4 Å². The molecule has 15 heavy (non-hydrogen) atoms. The van der Waals surface area contributed by atoms with E-state index in [1.165, 1.54) is 0 Å². The van der Waals surface area contributed by atoms with E-state index < -0.39 is 0 Å². The summed E-state index contributed by atoms with van der Waals surface area (Å²) >= 11 is 0. The minimum absolute atomic E-state index is 0.133. The molecule has 0 aliphatic heterocycles. The number of carbonyl (C=O) groups excluding carboxylic acids is 1. The van der Waals surface area contributed by atoms with Crippen molar-refractivity contribution in [3.63, 3.8) is 0 Å². The van der Waals surface area contributed by atoms with Gasteiger partial charge in [-0.1, -0.05) is 16.9 Å². The van der Waals surface area contributed by atoms with Crippen LogP contribution in [0.3, 0.4) is 0 Å². The van der Waals surface area contributed by atoms with Crippen LogP contribution >= 0.6 is 21.6 Å². The summed E-state index contributed by atoms with van der Waals surface area (Å²) in [5, 5.41) is 0.964. The molecule has 0 saturated heterocycles. The number of esters is 1. The average molecular weight is 243 g/mol. The second-order valence-corrected chi connectivity index (χ2v) is 5.06. The molecule has 0 fully saturated rings. The maximum absolute atomic E-state index is 11.0. The number of ether oxygens (including phenoxy) is 1. The molecule has 0 aliphatic carbocycles. The number of aromatic nitrogens is 1. The van der Waals surface area contributed by atoms with Gasteiger partial charge in [0, 0.05) is 11.9 Å². The maximum Gasteiger partial charge on any atom is 0.306 e. The summed E-state index contributed by atoms with van der Waals surface area (Å²) < 4.78 is 4.82. The molecule has 0 unspecified atom stereocenters. The highest BCUT2D eigenvalue weighted by atomic mass is 33.1. The Morgan fingerprint density at radius 2 is 2.40 bits per heavy atom. The molecule has 0 N–H and O–H groups in total. The first-order chi connectivity index (χ1) is 7.33. The van der Waals surface area contributed by atoms with Gasteiger partial charge in [0.15, 0.2) is 0 Å². The Morgan fingerprint density at radius 1 is 1.53 bits per heavy atom. The van der Waals surface area contributed by atoms with E-state index in [-0.39, 0.29) is 5.97 Å². The van der Waals surface area contributed by atoms with E-state index in [1.54, 1.807) is 27.8 Å². The normalized spacial score (nSPS) is 9.93. The van der Waals surface area contributed by atoms with Crippen LogP contribution in [0.1, 0.15) is 13.3 Å². The number of hydrogen-bond acceptors (Lipinski definition) is 5. The van der Waals surface area contributed by atoms with E-state index in [0.29, 0.717) is 13.0 Å². The first-order valence-corrected chi connectivity index (χ1v) is 7.01. The summed E-state index contributed by atoms with van der Waals surface area (Å²) in [5.74, 6) is 0.617. The van der Waals surface area contributed by atoms with Crippen molar-refractivity contribution in [3.8, 4) is 0 Å². The Labute approximate surface area is 97.4 Å². The van der Waals surface area contributed by atoms with Gasteiger partial charge >= 0.3 is 5.97 Å². The van der Waals surface area contributed by atoms with Crippen LogP contribution in [0, 0.1) is 0 Å². The van der Waals surface area contributed by atoms with Gasteiger partial charge in [-0.15, -0.1) is 0 Å². The van der Waals surface area contributed by atoms with Gasteiger partial charge in [-0.25, -0.2) is 4.98 Å². The quantitative estimate of drug-likeness (QED) is 0.436. The van der Waals surface area contributed by atoms with Gasteiger partial charge in [0.05, 0.1) is 13.0 Å². The standard InChI is InChI=1S/C10H13NO2S2/c1-2-13-10(12)6-8-14-15-9-5-3-4-7-11-9/h3-5,7H,2,6,8H2,1H3. The molecule has 0 bridgehead atoms. The molecule has 1 heterocycles. The number of hydrogen-bond donors (Lipinski definition) is 0. The summed E-state index contributed by atoms with van der Waals surface area (Å²) in [6.45, 7) is 2.27. The van der Waals surface area contributed by atoms with E-state index >= 15 is 0 Å². The first-order valence-electron chi connectivity index (χ1n) is 4.69. The second-order valence-electron chi connectivity index (χ2n) is 2.63. The van der Waals surface area contributed by atoms with Crippen molar-refractivity contribution < 1.29 is 9.53 Å². The Bertz CT molecular complexity index is 293. The molecule has 82 valence electrons. The average Bonchev–Trinajstić information content (AvgIpc) is 2.26. The lowest BCUT2D eigenvalue weighted by molar-refractivity contribution is -0.142. The van der Waals surface area contributed by atoms with Crippen molar-refractivity contribution in [2.45, 2.75) is 18.4 Å². The summed E-state index contributed by atoms with van der Waals surface area (Å²) in [6.07, 6.45) is 2.21. The maximum atomic E-state index is 11.0. The van der Waals surface area contributed by atoms with Crippen molar-refractivity contribution in [1.29, 1.82) is 0 Å². The smallest absolute Gasteiger partial charge is 0.306 e. The van der Waals surface area contributed by atoms with Crippen molar-refractivity contribution in [1.82, 2.24) is 4.98 Å².